The van der Waals surface area contributed by atoms with Gasteiger partial charge in [-0.2, -0.15) is 0 Å². The molecule has 0 fully saturated rings. The van der Waals surface area contributed by atoms with Gasteiger partial charge in [-0.1, -0.05) is 15.9 Å². The number of aromatic nitrogens is 1. The minimum Gasteiger partial charge on any atom is -0.436 e. The lowest BCUT2D eigenvalue weighted by atomic mass is 10.3. The van der Waals surface area contributed by atoms with E-state index in [0.29, 0.717) is 17.3 Å². The van der Waals surface area contributed by atoms with E-state index >= 15 is 0 Å². The summed E-state index contributed by atoms with van der Waals surface area (Å²) in [5.41, 5.74) is 6.86. The molecule has 0 spiro atoms. The molecule has 1 aromatic carbocycles. The summed E-state index contributed by atoms with van der Waals surface area (Å²) in [6, 6.07) is 7.74. The van der Waals surface area contributed by atoms with Gasteiger partial charge in [0.2, 0.25) is 5.88 Å². The zero-order valence-electron chi connectivity index (χ0n) is 9.08. The predicted octanol–water partition coefficient (Wildman–Crippen LogP) is 3.67. The lowest BCUT2D eigenvalue weighted by molar-refractivity contribution is 0.426. The lowest BCUT2D eigenvalue weighted by Gasteiger charge is -2.07. The van der Waals surface area contributed by atoms with E-state index < -0.39 is 5.82 Å². The molecule has 0 aliphatic heterocycles. The molecular formula is C12H10BrFN2O. The Balaban J connectivity index is 2.31. The highest BCUT2D eigenvalue weighted by molar-refractivity contribution is 9.10. The zero-order valence-corrected chi connectivity index (χ0v) is 10.7. The zero-order chi connectivity index (χ0) is 12.4. The first-order valence-corrected chi connectivity index (χ1v) is 5.71. The van der Waals surface area contributed by atoms with Crippen LogP contribution < -0.4 is 10.5 Å². The average Bonchev–Trinajstić information content (AvgIpc) is 2.29. The third kappa shape index (κ3) is 2.74. The number of rotatable bonds is 2. The molecule has 17 heavy (non-hydrogen) atoms. The third-order valence-corrected chi connectivity index (χ3v) is 2.70. The van der Waals surface area contributed by atoms with Crippen molar-refractivity contribution in [1.82, 2.24) is 4.98 Å². The van der Waals surface area contributed by atoms with Gasteiger partial charge in [-0.25, -0.2) is 9.37 Å². The van der Waals surface area contributed by atoms with E-state index in [1.165, 1.54) is 6.07 Å². The molecule has 0 saturated heterocycles. The number of hydrogen-bond acceptors (Lipinski definition) is 3. The summed E-state index contributed by atoms with van der Waals surface area (Å²) in [5, 5.41) is 0. The van der Waals surface area contributed by atoms with E-state index in [4.69, 9.17) is 10.5 Å². The van der Waals surface area contributed by atoms with Crippen LogP contribution in [0.1, 0.15) is 5.69 Å². The highest BCUT2D eigenvalue weighted by Gasteiger charge is 2.07. The van der Waals surface area contributed by atoms with Crippen molar-refractivity contribution in [1.29, 1.82) is 0 Å². The maximum atomic E-state index is 13.4. The van der Waals surface area contributed by atoms with Crippen LogP contribution in [0, 0.1) is 12.7 Å². The molecule has 5 heteroatoms. The Kier molecular flexibility index (Phi) is 3.28. The van der Waals surface area contributed by atoms with Gasteiger partial charge in [0.25, 0.3) is 0 Å². The number of halogens is 2. The van der Waals surface area contributed by atoms with Gasteiger partial charge in [-0.15, -0.1) is 0 Å². The van der Waals surface area contributed by atoms with Gasteiger partial charge < -0.3 is 10.5 Å². The van der Waals surface area contributed by atoms with Gasteiger partial charge in [0.05, 0.1) is 11.4 Å². The monoisotopic (exact) mass is 296 g/mol. The Hall–Kier alpha value is -1.62. The van der Waals surface area contributed by atoms with Crippen LogP contribution >= 0.6 is 15.9 Å². The Morgan fingerprint density at radius 3 is 2.76 bits per heavy atom. The van der Waals surface area contributed by atoms with Gasteiger partial charge in [0.1, 0.15) is 0 Å². The minimum atomic E-state index is -0.440. The average molecular weight is 297 g/mol. The normalized spacial score (nSPS) is 10.3. The van der Waals surface area contributed by atoms with Gasteiger partial charge in [-0.05, 0) is 31.2 Å². The summed E-state index contributed by atoms with van der Waals surface area (Å²) in [7, 11) is 0. The first kappa shape index (κ1) is 11.9. The van der Waals surface area contributed by atoms with Crippen LogP contribution in [0.3, 0.4) is 0 Å². The summed E-state index contributed by atoms with van der Waals surface area (Å²) in [5.74, 6) is -0.00535. The molecule has 2 N–H and O–H groups in total. The van der Waals surface area contributed by atoms with Crippen LogP contribution in [-0.2, 0) is 0 Å². The summed E-state index contributed by atoms with van der Waals surface area (Å²) >= 11 is 3.25. The van der Waals surface area contributed by atoms with Crippen LogP contribution in [0.5, 0.6) is 11.6 Å². The highest BCUT2D eigenvalue weighted by atomic mass is 79.9. The summed E-state index contributed by atoms with van der Waals surface area (Å²) in [6.45, 7) is 1.76. The maximum absolute atomic E-state index is 13.4. The maximum Gasteiger partial charge on any atom is 0.219 e. The first-order chi connectivity index (χ1) is 8.06. The largest absolute Gasteiger partial charge is 0.436 e. The van der Waals surface area contributed by atoms with Crippen molar-refractivity contribution >= 4 is 21.6 Å². The van der Waals surface area contributed by atoms with Crippen LogP contribution in [0.25, 0.3) is 0 Å². The molecule has 0 bridgehead atoms. The van der Waals surface area contributed by atoms with Crippen molar-refractivity contribution in [3.05, 3.63) is 46.3 Å². The molecule has 0 amide bonds. The van der Waals surface area contributed by atoms with Crippen molar-refractivity contribution < 1.29 is 9.13 Å². The van der Waals surface area contributed by atoms with E-state index in [1.54, 1.807) is 31.2 Å². The number of nitrogen functional groups attached to an aromatic ring is 1. The molecule has 1 aromatic heterocycles. The molecule has 3 nitrogen and oxygen atoms in total. The second-order valence-electron chi connectivity index (χ2n) is 3.50. The fourth-order valence-corrected chi connectivity index (χ4v) is 1.61. The lowest BCUT2D eigenvalue weighted by Crippen LogP contribution is -1.96. The van der Waals surface area contributed by atoms with E-state index in [0.717, 1.165) is 4.47 Å². The Morgan fingerprint density at radius 2 is 2.06 bits per heavy atom. The topological polar surface area (TPSA) is 48.1 Å². The minimum absolute atomic E-state index is 0.121. The molecule has 0 atom stereocenters. The molecule has 2 rings (SSSR count). The van der Waals surface area contributed by atoms with E-state index in [1.807, 2.05) is 0 Å². The van der Waals surface area contributed by atoms with Crippen LogP contribution in [-0.4, -0.2) is 4.98 Å². The predicted molar refractivity (Wildman–Crippen MR) is 67.6 cm³/mol. The smallest absolute Gasteiger partial charge is 0.219 e. The quantitative estimate of drug-likeness (QED) is 0.920. The number of benzene rings is 1. The van der Waals surface area contributed by atoms with Crippen molar-refractivity contribution in [2.45, 2.75) is 6.92 Å². The van der Waals surface area contributed by atoms with Crippen LogP contribution in [0.4, 0.5) is 10.1 Å². The Bertz CT molecular complexity index is 560. The van der Waals surface area contributed by atoms with E-state index in [-0.39, 0.29) is 5.75 Å². The summed E-state index contributed by atoms with van der Waals surface area (Å²) in [6.07, 6.45) is 0. The number of aryl methyl sites for hydroxylation is 1. The van der Waals surface area contributed by atoms with Crippen molar-refractivity contribution in [2.75, 3.05) is 5.73 Å². The molecule has 2 aromatic rings. The molecule has 88 valence electrons. The van der Waals surface area contributed by atoms with Gasteiger partial charge in [0, 0.05) is 10.5 Å². The fourth-order valence-electron chi connectivity index (χ4n) is 1.27. The number of nitrogens with zero attached hydrogens (tertiary/aromatic N) is 1. The SMILES string of the molecule is Cc1nc(Oc2cc(Br)ccc2F)ccc1N. The molecule has 0 aliphatic rings. The number of pyridine rings is 1. The van der Waals surface area contributed by atoms with E-state index in [9.17, 15) is 4.39 Å². The summed E-state index contributed by atoms with van der Waals surface area (Å²) in [4.78, 5) is 4.11. The molecule has 0 aliphatic carbocycles. The number of hydrogen-bond donors (Lipinski definition) is 1. The molecule has 0 unspecified atom stereocenters. The van der Waals surface area contributed by atoms with Crippen LogP contribution in [0.2, 0.25) is 0 Å². The first-order valence-electron chi connectivity index (χ1n) is 4.92. The van der Waals surface area contributed by atoms with Crippen molar-refractivity contribution in [2.24, 2.45) is 0 Å². The number of nitrogens with two attached hydrogens (primary N) is 1. The van der Waals surface area contributed by atoms with Crippen LogP contribution in [0.15, 0.2) is 34.8 Å². The molecule has 1 heterocycles. The van der Waals surface area contributed by atoms with Gasteiger partial charge >= 0.3 is 0 Å². The second kappa shape index (κ2) is 4.71. The van der Waals surface area contributed by atoms with Crippen molar-refractivity contribution in [3.8, 4) is 11.6 Å². The summed E-state index contributed by atoms with van der Waals surface area (Å²) < 4.78 is 19.5. The van der Waals surface area contributed by atoms with Crippen molar-refractivity contribution in [3.63, 3.8) is 0 Å². The molecule has 0 saturated carbocycles. The number of anilines is 1. The molecular weight excluding hydrogens is 287 g/mol. The second-order valence-corrected chi connectivity index (χ2v) is 4.42. The van der Waals surface area contributed by atoms with E-state index in [2.05, 4.69) is 20.9 Å². The fraction of sp³-hybridized carbons (Fsp3) is 0.0833. The third-order valence-electron chi connectivity index (χ3n) is 2.21. The molecule has 0 radical (unpaired) electrons. The van der Waals surface area contributed by atoms with Gasteiger partial charge in [-0.3, -0.25) is 0 Å². The number of ether oxygens (including phenoxy) is 1. The standard InChI is InChI=1S/C12H10BrFN2O/c1-7-10(15)4-5-12(16-7)17-11-6-8(13)2-3-9(11)14/h2-6H,15H2,1H3. The van der Waals surface area contributed by atoms with Gasteiger partial charge in [0.15, 0.2) is 11.6 Å². The highest BCUT2D eigenvalue weighted by Crippen LogP contribution is 2.27. The Labute approximate surface area is 107 Å². The Morgan fingerprint density at radius 1 is 1.29 bits per heavy atom.